The van der Waals surface area contributed by atoms with Crippen LogP contribution >= 0.6 is 0 Å². The zero-order valence-corrected chi connectivity index (χ0v) is 11.1. The van der Waals surface area contributed by atoms with Crippen molar-refractivity contribution in [2.75, 3.05) is 20.3 Å². The molecule has 0 saturated carbocycles. The number of rotatable bonds is 8. The zero-order valence-electron chi connectivity index (χ0n) is 11.1. The van der Waals surface area contributed by atoms with Gasteiger partial charge in [0.05, 0.1) is 13.2 Å². The minimum absolute atomic E-state index is 0.585. The van der Waals surface area contributed by atoms with Crippen LogP contribution in [-0.2, 0) is 24.1 Å². The minimum atomic E-state index is 0.585. The van der Waals surface area contributed by atoms with Gasteiger partial charge in [-0.15, -0.1) is 0 Å². The monoisotopic (exact) mass is 261 g/mol. The number of hydrogen-bond donors (Lipinski definition) is 1. The van der Waals surface area contributed by atoms with Crippen molar-refractivity contribution in [1.82, 2.24) is 15.5 Å². The molecule has 0 aliphatic heterocycles. The van der Waals surface area contributed by atoms with Gasteiger partial charge in [0, 0.05) is 20.1 Å². The summed E-state index contributed by atoms with van der Waals surface area (Å²) in [6.07, 6.45) is 1.72. The maximum Gasteiger partial charge on any atom is 0.240 e. The van der Waals surface area contributed by atoms with Crippen LogP contribution in [0.25, 0.3) is 0 Å². The van der Waals surface area contributed by atoms with Crippen molar-refractivity contribution in [3.8, 4) is 0 Å². The van der Waals surface area contributed by atoms with Gasteiger partial charge in [-0.1, -0.05) is 35.5 Å². The van der Waals surface area contributed by atoms with Crippen LogP contribution in [0.1, 0.15) is 17.3 Å². The quantitative estimate of drug-likeness (QED) is 0.731. The van der Waals surface area contributed by atoms with Gasteiger partial charge in [-0.2, -0.15) is 4.98 Å². The Hall–Kier alpha value is -1.72. The molecule has 1 heterocycles. The Morgan fingerprint density at radius 1 is 1.21 bits per heavy atom. The van der Waals surface area contributed by atoms with E-state index in [1.807, 2.05) is 18.2 Å². The Balaban J connectivity index is 1.74. The molecule has 0 bridgehead atoms. The molecule has 2 rings (SSSR count). The largest absolute Gasteiger partial charge is 0.383 e. The van der Waals surface area contributed by atoms with Gasteiger partial charge in [-0.05, 0) is 12.0 Å². The molecule has 2 aromatic rings. The normalized spacial score (nSPS) is 10.8. The average molecular weight is 261 g/mol. The fourth-order valence-corrected chi connectivity index (χ4v) is 1.73. The van der Waals surface area contributed by atoms with Crippen molar-refractivity contribution < 1.29 is 9.26 Å². The van der Waals surface area contributed by atoms with Gasteiger partial charge in [-0.3, -0.25) is 0 Å². The van der Waals surface area contributed by atoms with E-state index in [2.05, 4.69) is 27.6 Å². The molecule has 5 heteroatoms. The molecular weight excluding hydrogens is 242 g/mol. The molecule has 0 amide bonds. The van der Waals surface area contributed by atoms with Crippen LogP contribution in [0, 0.1) is 0 Å². The molecule has 0 atom stereocenters. The highest BCUT2D eigenvalue weighted by Gasteiger charge is 2.05. The Morgan fingerprint density at radius 3 is 2.84 bits per heavy atom. The lowest BCUT2D eigenvalue weighted by atomic mass is 10.1. The maximum absolute atomic E-state index is 5.17. The number of hydrogen-bond acceptors (Lipinski definition) is 5. The second-order valence-corrected chi connectivity index (χ2v) is 4.26. The Labute approximate surface area is 113 Å². The Bertz CT molecular complexity index is 471. The summed E-state index contributed by atoms with van der Waals surface area (Å²) in [7, 11) is 1.68. The van der Waals surface area contributed by atoms with Crippen LogP contribution in [0.2, 0.25) is 0 Å². The van der Waals surface area contributed by atoms with E-state index in [4.69, 9.17) is 9.26 Å². The van der Waals surface area contributed by atoms with E-state index in [0.717, 1.165) is 25.2 Å². The van der Waals surface area contributed by atoms with Crippen LogP contribution in [0.15, 0.2) is 34.9 Å². The highest BCUT2D eigenvalue weighted by Crippen LogP contribution is 2.05. The van der Waals surface area contributed by atoms with Gasteiger partial charge in [0.2, 0.25) is 5.89 Å². The third kappa shape index (κ3) is 4.81. The molecule has 0 radical (unpaired) electrons. The fraction of sp³-hybridized carbons (Fsp3) is 0.429. The summed E-state index contributed by atoms with van der Waals surface area (Å²) in [5.41, 5.74) is 1.28. The number of aryl methyl sites for hydroxylation is 2. The highest BCUT2D eigenvalue weighted by molar-refractivity contribution is 5.15. The lowest BCUT2D eigenvalue weighted by Gasteiger charge is -1.98. The van der Waals surface area contributed by atoms with E-state index in [0.29, 0.717) is 19.0 Å². The van der Waals surface area contributed by atoms with E-state index in [9.17, 15) is 0 Å². The predicted molar refractivity (Wildman–Crippen MR) is 71.7 cm³/mol. The van der Waals surface area contributed by atoms with Gasteiger partial charge >= 0.3 is 0 Å². The summed E-state index contributed by atoms with van der Waals surface area (Å²) in [6, 6.07) is 10.3. The molecule has 0 fully saturated rings. The molecule has 0 aliphatic rings. The molecule has 1 N–H and O–H groups in total. The number of nitrogens with zero attached hydrogens (tertiary/aromatic N) is 2. The SMILES string of the molecule is COCCNCc1nc(CCc2ccccc2)no1. The molecule has 102 valence electrons. The number of aromatic nitrogens is 2. The molecule has 1 aromatic carbocycles. The predicted octanol–water partition coefficient (Wildman–Crippen LogP) is 1.59. The van der Waals surface area contributed by atoms with E-state index >= 15 is 0 Å². The fourth-order valence-electron chi connectivity index (χ4n) is 1.73. The van der Waals surface area contributed by atoms with E-state index in [-0.39, 0.29) is 0 Å². The smallest absolute Gasteiger partial charge is 0.240 e. The van der Waals surface area contributed by atoms with Crippen molar-refractivity contribution in [2.45, 2.75) is 19.4 Å². The second-order valence-electron chi connectivity index (χ2n) is 4.26. The van der Waals surface area contributed by atoms with Crippen molar-refractivity contribution in [3.63, 3.8) is 0 Å². The van der Waals surface area contributed by atoms with Gasteiger partial charge in [-0.25, -0.2) is 0 Å². The molecule has 0 saturated heterocycles. The third-order valence-corrected chi connectivity index (χ3v) is 2.75. The standard InChI is InChI=1S/C14H19N3O2/c1-18-10-9-15-11-14-16-13(17-19-14)8-7-12-5-3-2-4-6-12/h2-6,15H,7-11H2,1H3. The summed E-state index contributed by atoms with van der Waals surface area (Å²) >= 11 is 0. The summed E-state index contributed by atoms with van der Waals surface area (Å²) in [6.45, 7) is 2.04. The first-order chi connectivity index (χ1) is 9.38. The first-order valence-electron chi connectivity index (χ1n) is 6.43. The number of ether oxygens (including phenoxy) is 1. The zero-order chi connectivity index (χ0) is 13.3. The molecule has 0 spiro atoms. The van der Waals surface area contributed by atoms with E-state index in [1.165, 1.54) is 5.56 Å². The lowest BCUT2D eigenvalue weighted by Crippen LogP contribution is -2.18. The van der Waals surface area contributed by atoms with Crippen molar-refractivity contribution >= 4 is 0 Å². The first-order valence-corrected chi connectivity index (χ1v) is 6.43. The van der Waals surface area contributed by atoms with Crippen LogP contribution in [0.5, 0.6) is 0 Å². The van der Waals surface area contributed by atoms with Gasteiger partial charge < -0.3 is 14.6 Å². The van der Waals surface area contributed by atoms with Gasteiger partial charge in [0.15, 0.2) is 5.82 Å². The Morgan fingerprint density at radius 2 is 2.05 bits per heavy atom. The summed E-state index contributed by atoms with van der Waals surface area (Å²) in [5.74, 6) is 1.38. The molecule has 0 unspecified atom stereocenters. The van der Waals surface area contributed by atoms with Crippen molar-refractivity contribution in [2.24, 2.45) is 0 Å². The summed E-state index contributed by atoms with van der Waals surface area (Å²) < 4.78 is 10.1. The Kier molecular flexibility index (Phi) is 5.52. The number of nitrogens with one attached hydrogen (secondary N) is 1. The highest BCUT2D eigenvalue weighted by atomic mass is 16.5. The number of benzene rings is 1. The van der Waals surface area contributed by atoms with Gasteiger partial charge in [0.1, 0.15) is 0 Å². The summed E-state index contributed by atoms with van der Waals surface area (Å²) in [4.78, 5) is 4.34. The molecule has 19 heavy (non-hydrogen) atoms. The van der Waals surface area contributed by atoms with Crippen molar-refractivity contribution in [3.05, 3.63) is 47.6 Å². The van der Waals surface area contributed by atoms with Crippen LogP contribution in [0.4, 0.5) is 0 Å². The molecular formula is C14H19N3O2. The second kappa shape index (κ2) is 7.66. The van der Waals surface area contributed by atoms with Crippen molar-refractivity contribution in [1.29, 1.82) is 0 Å². The average Bonchev–Trinajstić information content (AvgIpc) is 2.91. The minimum Gasteiger partial charge on any atom is -0.383 e. The molecule has 5 nitrogen and oxygen atoms in total. The van der Waals surface area contributed by atoms with Crippen LogP contribution in [0.3, 0.4) is 0 Å². The third-order valence-electron chi connectivity index (χ3n) is 2.75. The molecule has 0 aliphatic carbocycles. The maximum atomic E-state index is 5.17. The van der Waals surface area contributed by atoms with E-state index < -0.39 is 0 Å². The topological polar surface area (TPSA) is 60.2 Å². The number of methoxy groups -OCH3 is 1. The molecule has 1 aromatic heterocycles. The van der Waals surface area contributed by atoms with E-state index in [1.54, 1.807) is 7.11 Å². The van der Waals surface area contributed by atoms with Crippen LogP contribution < -0.4 is 5.32 Å². The summed E-state index contributed by atoms with van der Waals surface area (Å²) in [5, 5.41) is 7.14. The van der Waals surface area contributed by atoms with Gasteiger partial charge in [0.25, 0.3) is 0 Å². The van der Waals surface area contributed by atoms with Crippen LogP contribution in [-0.4, -0.2) is 30.4 Å². The lowest BCUT2D eigenvalue weighted by molar-refractivity contribution is 0.197. The first kappa shape index (κ1) is 13.7.